The predicted octanol–water partition coefficient (Wildman–Crippen LogP) is 5.34. The van der Waals surface area contributed by atoms with Crippen molar-refractivity contribution < 1.29 is 8.85 Å². The van der Waals surface area contributed by atoms with Gasteiger partial charge in [0.2, 0.25) is 0 Å². The lowest BCUT2D eigenvalue weighted by atomic mass is 10.1. The first kappa shape index (κ1) is 18.9. The van der Waals surface area contributed by atoms with E-state index in [0.717, 1.165) is 36.9 Å². The van der Waals surface area contributed by atoms with Crippen LogP contribution in [0.25, 0.3) is 0 Å². The SMILES string of the molecule is CCCCO[SiH](OCCCC)C(CC)c1ccc(Br)cc1. The molecule has 120 valence electrons. The molecule has 4 heteroatoms. The number of benzene rings is 1. The van der Waals surface area contributed by atoms with Gasteiger partial charge in [-0.05, 0) is 37.0 Å². The fourth-order valence-corrected chi connectivity index (χ4v) is 4.81. The van der Waals surface area contributed by atoms with Gasteiger partial charge in [-0.2, -0.15) is 0 Å². The zero-order valence-corrected chi connectivity index (χ0v) is 16.3. The standard InChI is InChI=1S/C17H29BrO2Si/c1-4-7-13-19-21(20-14-8-5-2)17(6-3)15-9-11-16(18)12-10-15/h9-12,17,21H,4-8,13-14H2,1-3H3. The normalized spacial score (nSPS) is 12.8. The first-order chi connectivity index (χ1) is 10.2. The van der Waals surface area contributed by atoms with Gasteiger partial charge in [-0.1, -0.05) is 61.7 Å². The molecule has 0 heterocycles. The minimum absolute atomic E-state index is 0.437. The molecule has 1 atom stereocenters. The first-order valence-corrected chi connectivity index (χ1v) is 10.6. The van der Waals surface area contributed by atoms with E-state index in [-0.39, 0.29) is 0 Å². The second-order valence-corrected chi connectivity index (χ2v) is 8.51. The average molecular weight is 373 g/mol. The highest BCUT2D eigenvalue weighted by atomic mass is 79.9. The molecule has 2 nitrogen and oxygen atoms in total. The minimum atomic E-state index is -1.67. The molecule has 1 rings (SSSR count). The van der Waals surface area contributed by atoms with Crippen molar-refractivity contribution in [3.8, 4) is 0 Å². The molecule has 0 saturated carbocycles. The van der Waals surface area contributed by atoms with Gasteiger partial charge in [-0.3, -0.25) is 0 Å². The zero-order chi connectivity index (χ0) is 15.5. The van der Waals surface area contributed by atoms with Crippen LogP contribution in [0.15, 0.2) is 28.7 Å². The maximum Gasteiger partial charge on any atom is 0.329 e. The summed E-state index contributed by atoms with van der Waals surface area (Å²) in [6, 6.07) is 8.62. The molecule has 0 aliphatic heterocycles. The van der Waals surface area contributed by atoms with Crippen LogP contribution in [0.3, 0.4) is 0 Å². The number of hydrogen-bond donors (Lipinski definition) is 0. The molecule has 1 aromatic rings. The van der Waals surface area contributed by atoms with Gasteiger partial charge in [-0.25, -0.2) is 0 Å². The monoisotopic (exact) mass is 372 g/mol. The maximum absolute atomic E-state index is 6.17. The van der Waals surface area contributed by atoms with Crippen molar-refractivity contribution in [2.24, 2.45) is 0 Å². The lowest BCUT2D eigenvalue weighted by molar-refractivity contribution is 0.183. The van der Waals surface area contributed by atoms with E-state index in [1.807, 2.05) is 0 Å². The molecular formula is C17H29BrO2Si. The van der Waals surface area contributed by atoms with Crippen molar-refractivity contribution in [3.05, 3.63) is 34.3 Å². The van der Waals surface area contributed by atoms with Crippen molar-refractivity contribution in [2.45, 2.75) is 58.4 Å². The van der Waals surface area contributed by atoms with Crippen molar-refractivity contribution in [3.63, 3.8) is 0 Å². The number of hydrogen-bond acceptors (Lipinski definition) is 2. The molecular weight excluding hydrogens is 344 g/mol. The predicted molar refractivity (Wildman–Crippen MR) is 96.0 cm³/mol. The third kappa shape index (κ3) is 7.09. The van der Waals surface area contributed by atoms with E-state index >= 15 is 0 Å². The largest absolute Gasteiger partial charge is 0.396 e. The van der Waals surface area contributed by atoms with E-state index in [1.165, 1.54) is 18.4 Å². The molecule has 0 fully saturated rings. The van der Waals surface area contributed by atoms with Crippen LogP contribution in [-0.2, 0) is 8.85 Å². The lowest BCUT2D eigenvalue weighted by Crippen LogP contribution is -2.32. The highest BCUT2D eigenvalue weighted by molar-refractivity contribution is 9.10. The highest BCUT2D eigenvalue weighted by Gasteiger charge is 2.26. The molecule has 0 spiro atoms. The molecule has 0 bridgehead atoms. The van der Waals surface area contributed by atoms with Crippen LogP contribution < -0.4 is 0 Å². The highest BCUT2D eigenvalue weighted by Crippen LogP contribution is 2.25. The average Bonchev–Trinajstić information content (AvgIpc) is 2.50. The van der Waals surface area contributed by atoms with E-state index in [4.69, 9.17) is 8.85 Å². The van der Waals surface area contributed by atoms with E-state index in [0.29, 0.717) is 5.54 Å². The Morgan fingerprint density at radius 2 is 1.48 bits per heavy atom. The van der Waals surface area contributed by atoms with Gasteiger partial charge in [0.05, 0.1) is 0 Å². The van der Waals surface area contributed by atoms with Gasteiger partial charge in [0, 0.05) is 23.2 Å². The fourth-order valence-electron chi connectivity index (χ4n) is 2.26. The molecule has 1 aromatic carbocycles. The Morgan fingerprint density at radius 3 is 1.90 bits per heavy atom. The van der Waals surface area contributed by atoms with Crippen LogP contribution in [-0.4, -0.2) is 22.5 Å². The third-order valence-electron chi connectivity index (χ3n) is 3.63. The van der Waals surface area contributed by atoms with Crippen LogP contribution in [0.5, 0.6) is 0 Å². The number of rotatable bonds is 11. The Bertz CT molecular complexity index is 360. The Balaban J connectivity index is 2.72. The summed E-state index contributed by atoms with van der Waals surface area (Å²) in [5.41, 5.74) is 1.79. The molecule has 1 unspecified atom stereocenters. The minimum Gasteiger partial charge on any atom is -0.396 e. The molecule has 0 aliphatic carbocycles. The van der Waals surface area contributed by atoms with Gasteiger partial charge < -0.3 is 8.85 Å². The second-order valence-electron chi connectivity index (χ2n) is 5.38. The van der Waals surface area contributed by atoms with E-state index in [9.17, 15) is 0 Å². The van der Waals surface area contributed by atoms with Gasteiger partial charge in [0.25, 0.3) is 0 Å². The summed E-state index contributed by atoms with van der Waals surface area (Å²) in [6.07, 6.45) is 5.67. The Kier molecular flexibility index (Phi) is 10.3. The molecule has 0 radical (unpaired) electrons. The van der Waals surface area contributed by atoms with Crippen LogP contribution in [0.4, 0.5) is 0 Å². The summed E-state index contributed by atoms with van der Waals surface area (Å²) in [6.45, 7) is 8.31. The van der Waals surface area contributed by atoms with Crippen molar-refractivity contribution in [2.75, 3.05) is 13.2 Å². The van der Waals surface area contributed by atoms with E-state index in [2.05, 4.69) is 61.0 Å². The number of unbranched alkanes of at least 4 members (excludes halogenated alkanes) is 2. The topological polar surface area (TPSA) is 18.5 Å². The first-order valence-electron chi connectivity index (χ1n) is 8.21. The lowest BCUT2D eigenvalue weighted by Gasteiger charge is -2.25. The Morgan fingerprint density at radius 1 is 0.952 bits per heavy atom. The molecule has 21 heavy (non-hydrogen) atoms. The fraction of sp³-hybridized carbons (Fsp3) is 0.647. The smallest absolute Gasteiger partial charge is 0.329 e. The van der Waals surface area contributed by atoms with Crippen LogP contribution in [0.1, 0.15) is 64.0 Å². The Labute approximate surface area is 140 Å². The zero-order valence-electron chi connectivity index (χ0n) is 13.6. The number of halogens is 1. The second kappa shape index (κ2) is 11.4. The van der Waals surface area contributed by atoms with Crippen molar-refractivity contribution in [1.29, 1.82) is 0 Å². The van der Waals surface area contributed by atoms with Gasteiger partial charge in [0.1, 0.15) is 0 Å². The molecule has 0 N–H and O–H groups in total. The van der Waals surface area contributed by atoms with Gasteiger partial charge >= 0.3 is 9.28 Å². The summed E-state index contributed by atoms with van der Waals surface area (Å²) in [5.74, 6) is 0. The third-order valence-corrected chi connectivity index (χ3v) is 6.80. The van der Waals surface area contributed by atoms with Crippen LogP contribution in [0, 0.1) is 0 Å². The van der Waals surface area contributed by atoms with Crippen LogP contribution >= 0.6 is 15.9 Å². The summed E-state index contributed by atoms with van der Waals surface area (Å²) in [4.78, 5) is 0. The summed E-state index contributed by atoms with van der Waals surface area (Å²) in [5, 5.41) is 0. The molecule has 0 saturated heterocycles. The quantitative estimate of drug-likeness (QED) is 0.385. The van der Waals surface area contributed by atoms with Crippen LogP contribution in [0.2, 0.25) is 0 Å². The summed E-state index contributed by atoms with van der Waals surface area (Å²) in [7, 11) is -1.67. The maximum atomic E-state index is 6.17. The van der Waals surface area contributed by atoms with E-state index in [1.54, 1.807) is 0 Å². The molecule has 0 aliphatic rings. The van der Waals surface area contributed by atoms with E-state index < -0.39 is 9.28 Å². The van der Waals surface area contributed by atoms with Gasteiger partial charge in [0.15, 0.2) is 0 Å². The molecule has 0 amide bonds. The molecule has 0 aromatic heterocycles. The van der Waals surface area contributed by atoms with Crippen molar-refractivity contribution >= 4 is 25.2 Å². The Hall–Kier alpha value is -0.163. The van der Waals surface area contributed by atoms with Crippen molar-refractivity contribution in [1.82, 2.24) is 0 Å². The van der Waals surface area contributed by atoms with Gasteiger partial charge in [-0.15, -0.1) is 0 Å². The summed E-state index contributed by atoms with van der Waals surface area (Å²) >= 11 is 3.50. The summed E-state index contributed by atoms with van der Waals surface area (Å²) < 4.78 is 13.5.